The lowest BCUT2D eigenvalue weighted by Crippen LogP contribution is -2.26. The standard InChI is InChI=1S/C20H16N4O/c1-5-9-15(6-2)24-18(25)12-11-16(21-24)19-17-10-7-8-13-23(17)22-20(19)14(3)4/h1-2,7-8,10-13,15H,3,9H2,4H3. The van der Waals surface area contributed by atoms with E-state index in [1.165, 1.54) is 10.7 Å². The fourth-order valence-electron chi connectivity index (χ4n) is 2.66. The maximum Gasteiger partial charge on any atom is 0.267 e. The van der Waals surface area contributed by atoms with Gasteiger partial charge < -0.3 is 0 Å². The molecule has 0 amide bonds. The van der Waals surface area contributed by atoms with E-state index in [-0.39, 0.29) is 12.0 Å². The highest BCUT2D eigenvalue weighted by Crippen LogP contribution is 2.30. The van der Waals surface area contributed by atoms with Crippen LogP contribution in [0.5, 0.6) is 0 Å². The molecule has 1 unspecified atom stereocenters. The molecule has 3 aromatic rings. The van der Waals surface area contributed by atoms with Crippen LogP contribution in [0.25, 0.3) is 22.3 Å². The van der Waals surface area contributed by atoms with E-state index in [1.54, 1.807) is 10.6 Å². The molecule has 0 radical (unpaired) electrons. The lowest BCUT2D eigenvalue weighted by molar-refractivity contribution is 0.536. The van der Waals surface area contributed by atoms with Crippen molar-refractivity contribution in [3.8, 4) is 35.9 Å². The Hall–Kier alpha value is -3.57. The van der Waals surface area contributed by atoms with Crippen LogP contribution in [0.3, 0.4) is 0 Å². The van der Waals surface area contributed by atoms with Gasteiger partial charge in [-0.15, -0.1) is 18.8 Å². The van der Waals surface area contributed by atoms with Gasteiger partial charge in [-0.3, -0.25) is 4.79 Å². The van der Waals surface area contributed by atoms with Crippen molar-refractivity contribution in [3.05, 3.63) is 59.2 Å². The molecule has 0 aliphatic rings. The summed E-state index contributed by atoms with van der Waals surface area (Å²) in [6.07, 6.45) is 13.0. The maximum atomic E-state index is 12.2. The average molecular weight is 328 g/mol. The van der Waals surface area contributed by atoms with Crippen LogP contribution in [0, 0.1) is 24.7 Å². The van der Waals surface area contributed by atoms with E-state index in [0.29, 0.717) is 5.69 Å². The van der Waals surface area contributed by atoms with Crippen LogP contribution in [-0.4, -0.2) is 19.4 Å². The molecule has 3 rings (SSSR count). The fraction of sp³-hybridized carbons (Fsp3) is 0.150. The number of aromatic nitrogens is 4. The summed E-state index contributed by atoms with van der Waals surface area (Å²) in [6, 6.07) is 8.26. The molecule has 0 saturated heterocycles. The van der Waals surface area contributed by atoms with Crippen molar-refractivity contribution in [2.24, 2.45) is 0 Å². The van der Waals surface area contributed by atoms with Crippen LogP contribution in [0.1, 0.15) is 25.1 Å². The predicted octanol–water partition coefficient (Wildman–Crippen LogP) is 2.79. The molecule has 0 aliphatic carbocycles. The third-order valence-corrected chi connectivity index (χ3v) is 3.82. The largest absolute Gasteiger partial charge is 0.268 e. The first-order valence-corrected chi connectivity index (χ1v) is 7.70. The van der Waals surface area contributed by atoms with Gasteiger partial charge in [-0.1, -0.05) is 18.6 Å². The Balaban J connectivity index is 2.28. The molecule has 0 saturated carbocycles. The number of nitrogens with zero attached hydrogens (tertiary/aromatic N) is 4. The minimum atomic E-state index is -0.590. The SMILES string of the molecule is C#CCC(C#C)n1nc(-c2c(C(=C)C)nn3ccccc23)ccc1=O. The van der Waals surface area contributed by atoms with E-state index in [2.05, 4.69) is 28.6 Å². The molecule has 25 heavy (non-hydrogen) atoms. The highest BCUT2D eigenvalue weighted by Gasteiger charge is 2.18. The van der Waals surface area contributed by atoms with Crippen molar-refractivity contribution < 1.29 is 0 Å². The summed E-state index contributed by atoms with van der Waals surface area (Å²) < 4.78 is 3.01. The lowest BCUT2D eigenvalue weighted by Gasteiger charge is -2.12. The number of fused-ring (bicyclic) bond motifs is 1. The lowest BCUT2D eigenvalue weighted by atomic mass is 10.1. The number of hydrogen-bond donors (Lipinski definition) is 0. The van der Waals surface area contributed by atoms with Gasteiger partial charge in [0.25, 0.3) is 5.56 Å². The summed E-state index contributed by atoms with van der Waals surface area (Å²) in [4.78, 5) is 12.2. The third-order valence-electron chi connectivity index (χ3n) is 3.82. The second-order valence-corrected chi connectivity index (χ2v) is 5.63. The smallest absolute Gasteiger partial charge is 0.267 e. The molecular weight excluding hydrogens is 312 g/mol. The summed E-state index contributed by atoms with van der Waals surface area (Å²) in [5, 5.41) is 9.03. The first kappa shape index (κ1) is 16.3. The van der Waals surface area contributed by atoms with Gasteiger partial charge in [0.15, 0.2) is 0 Å². The zero-order chi connectivity index (χ0) is 18.0. The van der Waals surface area contributed by atoms with Gasteiger partial charge in [-0.25, -0.2) is 9.20 Å². The fourth-order valence-corrected chi connectivity index (χ4v) is 2.66. The Bertz CT molecular complexity index is 1110. The van der Waals surface area contributed by atoms with Crippen LogP contribution in [-0.2, 0) is 0 Å². The molecule has 122 valence electrons. The summed E-state index contributed by atoms with van der Waals surface area (Å²) in [6.45, 7) is 5.88. The van der Waals surface area contributed by atoms with E-state index in [1.807, 2.05) is 31.3 Å². The second kappa shape index (κ2) is 6.51. The van der Waals surface area contributed by atoms with Crippen LogP contribution in [0.4, 0.5) is 0 Å². The van der Waals surface area contributed by atoms with E-state index in [9.17, 15) is 4.79 Å². The summed E-state index contributed by atoms with van der Waals surface area (Å²) in [5.41, 5.74) is 3.49. The minimum Gasteiger partial charge on any atom is -0.268 e. The number of rotatable bonds is 4. The molecule has 0 fully saturated rings. The molecule has 5 heteroatoms. The highest BCUT2D eigenvalue weighted by molar-refractivity contribution is 5.87. The van der Waals surface area contributed by atoms with E-state index >= 15 is 0 Å². The van der Waals surface area contributed by atoms with Crippen molar-refractivity contribution in [1.82, 2.24) is 19.4 Å². The van der Waals surface area contributed by atoms with Crippen molar-refractivity contribution in [2.75, 3.05) is 0 Å². The molecule has 0 spiro atoms. The molecule has 3 aromatic heterocycles. The first-order valence-electron chi connectivity index (χ1n) is 7.70. The molecule has 3 heterocycles. The summed E-state index contributed by atoms with van der Waals surface area (Å²) >= 11 is 0. The molecule has 0 bridgehead atoms. The Morgan fingerprint density at radius 1 is 1.28 bits per heavy atom. The van der Waals surface area contributed by atoms with Gasteiger partial charge in [-0.2, -0.15) is 10.2 Å². The predicted molar refractivity (Wildman–Crippen MR) is 98.7 cm³/mol. The first-order chi connectivity index (χ1) is 12.1. The minimum absolute atomic E-state index is 0.231. The Morgan fingerprint density at radius 3 is 2.76 bits per heavy atom. The number of terminal acetylenes is 2. The van der Waals surface area contributed by atoms with Gasteiger partial charge in [0, 0.05) is 18.7 Å². The van der Waals surface area contributed by atoms with Gasteiger partial charge >= 0.3 is 0 Å². The normalized spacial score (nSPS) is 11.6. The molecule has 0 N–H and O–H groups in total. The number of allylic oxidation sites excluding steroid dienone is 1. The zero-order valence-electron chi connectivity index (χ0n) is 13.8. The van der Waals surface area contributed by atoms with Crippen molar-refractivity contribution in [3.63, 3.8) is 0 Å². The summed E-state index contributed by atoms with van der Waals surface area (Å²) in [7, 11) is 0. The molecule has 5 nitrogen and oxygen atoms in total. The van der Waals surface area contributed by atoms with Crippen LogP contribution >= 0.6 is 0 Å². The van der Waals surface area contributed by atoms with Crippen LogP contribution < -0.4 is 5.56 Å². The molecule has 1 atom stereocenters. The average Bonchev–Trinajstić information content (AvgIpc) is 3.00. The Labute approximate surface area is 145 Å². The summed E-state index contributed by atoms with van der Waals surface area (Å²) in [5.74, 6) is 5.01. The van der Waals surface area contributed by atoms with Crippen molar-refractivity contribution in [2.45, 2.75) is 19.4 Å². The topological polar surface area (TPSA) is 52.2 Å². The zero-order valence-corrected chi connectivity index (χ0v) is 13.8. The molecular formula is C20H16N4O. The Kier molecular flexibility index (Phi) is 4.24. The van der Waals surface area contributed by atoms with Gasteiger partial charge in [-0.05, 0) is 30.7 Å². The van der Waals surface area contributed by atoms with Crippen molar-refractivity contribution >= 4 is 11.1 Å². The van der Waals surface area contributed by atoms with Gasteiger partial charge in [0.05, 0.1) is 22.5 Å². The number of pyridine rings is 1. The highest BCUT2D eigenvalue weighted by atomic mass is 16.1. The van der Waals surface area contributed by atoms with Gasteiger partial charge in [0.1, 0.15) is 6.04 Å². The monoisotopic (exact) mass is 328 g/mol. The second-order valence-electron chi connectivity index (χ2n) is 5.63. The van der Waals surface area contributed by atoms with Crippen molar-refractivity contribution in [1.29, 1.82) is 0 Å². The Morgan fingerprint density at radius 2 is 2.08 bits per heavy atom. The quantitative estimate of drug-likeness (QED) is 0.692. The molecule has 0 aromatic carbocycles. The van der Waals surface area contributed by atoms with Gasteiger partial charge in [0.2, 0.25) is 0 Å². The van der Waals surface area contributed by atoms with E-state index in [0.717, 1.165) is 22.3 Å². The van der Waals surface area contributed by atoms with Crippen LogP contribution in [0.2, 0.25) is 0 Å². The third kappa shape index (κ3) is 2.84. The van der Waals surface area contributed by atoms with Crippen LogP contribution in [0.15, 0.2) is 47.9 Å². The van der Waals surface area contributed by atoms with E-state index < -0.39 is 6.04 Å². The molecule has 0 aliphatic heterocycles. The van der Waals surface area contributed by atoms with E-state index in [4.69, 9.17) is 12.8 Å². The number of hydrogen-bond acceptors (Lipinski definition) is 3. The maximum absolute atomic E-state index is 12.2.